The number of aromatic amines is 1. The van der Waals surface area contributed by atoms with E-state index in [0.717, 1.165) is 23.2 Å². The molecule has 0 amide bonds. The molecule has 0 saturated carbocycles. The second-order valence-corrected chi connectivity index (χ2v) is 7.93. The summed E-state index contributed by atoms with van der Waals surface area (Å²) in [5.74, 6) is 0.455. The predicted octanol–water partition coefficient (Wildman–Crippen LogP) is 7.90. The highest BCUT2D eigenvalue weighted by Crippen LogP contribution is 2.34. The van der Waals surface area contributed by atoms with Crippen molar-refractivity contribution in [3.63, 3.8) is 0 Å². The van der Waals surface area contributed by atoms with Crippen molar-refractivity contribution in [2.24, 2.45) is 0 Å². The molecule has 3 aromatic carbocycles. The van der Waals surface area contributed by atoms with Crippen LogP contribution in [-0.2, 0) is 12.7 Å². The maximum Gasteiger partial charge on any atom is 0.416 e. The molecule has 4 nitrogen and oxygen atoms in total. The van der Waals surface area contributed by atoms with E-state index in [1.54, 1.807) is 24.3 Å². The fourth-order valence-corrected chi connectivity index (χ4v) is 3.67. The van der Waals surface area contributed by atoms with Crippen LogP contribution in [0, 0.1) is 0 Å². The van der Waals surface area contributed by atoms with Gasteiger partial charge in [-0.3, -0.25) is 0 Å². The number of halogens is 6. The third-order valence-corrected chi connectivity index (χ3v) is 5.49. The average Bonchev–Trinajstić information content (AvgIpc) is 3.11. The molecule has 0 aliphatic rings. The van der Waals surface area contributed by atoms with Crippen LogP contribution in [0.1, 0.15) is 11.1 Å². The van der Waals surface area contributed by atoms with E-state index < -0.39 is 11.7 Å². The van der Waals surface area contributed by atoms with Gasteiger partial charge in [-0.25, -0.2) is 4.98 Å². The van der Waals surface area contributed by atoms with Gasteiger partial charge in [-0.1, -0.05) is 46.9 Å². The zero-order chi connectivity index (χ0) is 22.2. The van der Waals surface area contributed by atoms with Gasteiger partial charge in [-0.15, -0.1) is 0 Å². The summed E-state index contributed by atoms with van der Waals surface area (Å²) in [6.07, 6.45) is -4.44. The predicted molar refractivity (Wildman–Crippen MR) is 120 cm³/mol. The van der Waals surface area contributed by atoms with Crippen LogP contribution in [0.25, 0.3) is 11.0 Å². The Morgan fingerprint density at radius 3 is 2.35 bits per heavy atom. The lowest BCUT2D eigenvalue weighted by atomic mass is 10.1. The minimum atomic E-state index is -4.44. The maximum absolute atomic E-state index is 12.9. The Bertz CT molecular complexity index is 1230. The van der Waals surface area contributed by atoms with Gasteiger partial charge in [0.15, 0.2) is 0 Å². The van der Waals surface area contributed by atoms with Crippen LogP contribution in [0.15, 0.2) is 54.6 Å². The minimum absolute atomic E-state index is 0.205. The summed E-state index contributed by atoms with van der Waals surface area (Å²) in [6.45, 7) is 0.273. The first-order valence-electron chi connectivity index (χ1n) is 9.01. The SMILES string of the molecule is FC(F)(F)c1ccc(Cl)c(NCc2ccc3nc(Nc4c(Cl)cccc4Cl)[nH]c3c2)c1. The number of nitrogens with zero attached hydrogens (tertiary/aromatic N) is 1. The molecular weight excluding hydrogens is 472 g/mol. The Hall–Kier alpha value is -2.61. The van der Waals surface area contributed by atoms with Gasteiger partial charge < -0.3 is 15.6 Å². The van der Waals surface area contributed by atoms with Crippen molar-refractivity contribution < 1.29 is 13.2 Å². The highest BCUT2D eigenvalue weighted by atomic mass is 35.5. The molecule has 0 saturated heterocycles. The smallest absolute Gasteiger partial charge is 0.380 e. The molecule has 0 atom stereocenters. The molecule has 3 N–H and O–H groups in total. The third kappa shape index (κ3) is 4.84. The zero-order valence-corrected chi connectivity index (χ0v) is 17.9. The molecule has 31 heavy (non-hydrogen) atoms. The summed E-state index contributed by atoms with van der Waals surface area (Å²) in [4.78, 5) is 7.59. The summed E-state index contributed by atoms with van der Waals surface area (Å²) >= 11 is 18.4. The highest BCUT2D eigenvalue weighted by molar-refractivity contribution is 6.39. The summed E-state index contributed by atoms with van der Waals surface area (Å²) in [5.41, 5.74) is 2.24. The number of H-pyrrole nitrogens is 1. The molecule has 0 aliphatic carbocycles. The molecule has 4 aromatic rings. The maximum atomic E-state index is 12.9. The standard InChI is InChI=1S/C21H14Cl3F3N4/c22-13-6-5-12(21(25,26)27)9-17(13)28-10-11-4-7-16-18(8-11)30-20(29-16)31-19-14(23)2-1-3-15(19)24/h1-9,28H,10H2,(H2,29,30,31). The number of fused-ring (bicyclic) bond motifs is 1. The van der Waals surface area contributed by atoms with E-state index in [-0.39, 0.29) is 17.3 Å². The fraction of sp³-hybridized carbons (Fsp3) is 0.0952. The van der Waals surface area contributed by atoms with Crippen molar-refractivity contribution in [1.82, 2.24) is 9.97 Å². The normalized spacial score (nSPS) is 11.7. The van der Waals surface area contributed by atoms with Crippen LogP contribution in [0.4, 0.5) is 30.5 Å². The largest absolute Gasteiger partial charge is 0.416 e. The minimum Gasteiger partial charge on any atom is -0.380 e. The molecular formula is C21H14Cl3F3N4. The first kappa shape index (κ1) is 21.6. The van der Waals surface area contributed by atoms with Gasteiger partial charge in [0.05, 0.1) is 43.0 Å². The van der Waals surface area contributed by atoms with Crippen molar-refractivity contribution in [3.8, 4) is 0 Å². The highest BCUT2D eigenvalue weighted by Gasteiger charge is 2.30. The molecule has 1 aromatic heterocycles. The van der Waals surface area contributed by atoms with Gasteiger partial charge >= 0.3 is 6.18 Å². The van der Waals surface area contributed by atoms with Gasteiger partial charge in [0.2, 0.25) is 5.95 Å². The molecule has 160 valence electrons. The molecule has 10 heteroatoms. The van der Waals surface area contributed by atoms with Crippen molar-refractivity contribution in [2.75, 3.05) is 10.6 Å². The number of benzene rings is 3. The molecule has 0 unspecified atom stereocenters. The molecule has 0 spiro atoms. The van der Waals surface area contributed by atoms with Crippen molar-refractivity contribution in [3.05, 3.63) is 80.8 Å². The number of alkyl halides is 3. The van der Waals surface area contributed by atoms with Crippen LogP contribution in [0.2, 0.25) is 15.1 Å². The van der Waals surface area contributed by atoms with Gasteiger partial charge in [0.25, 0.3) is 0 Å². The summed E-state index contributed by atoms with van der Waals surface area (Å²) in [7, 11) is 0. The summed E-state index contributed by atoms with van der Waals surface area (Å²) in [6, 6.07) is 13.8. The van der Waals surface area contributed by atoms with E-state index in [1.807, 2.05) is 12.1 Å². The second kappa shape index (κ2) is 8.49. The zero-order valence-electron chi connectivity index (χ0n) is 15.6. The number of hydrogen-bond donors (Lipinski definition) is 3. The van der Waals surface area contributed by atoms with Crippen LogP contribution >= 0.6 is 34.8 Å². The van der Waals surface area contributed by atoms with Crippen molar-refractivity contribution in [2.45, 2.75) is 12.7 Å². The molecule has 0 radical (unpaired) electrons. The molecule has 1 heterocycles. The van der Waals surface area contributed by atoms with Gasteiger partial charge in [-0.05, 0) is 48.0 Å². The lowest BCUT2D eigenvalue weighted by Crippen LogP contribution is -2.07. The van der Waals surface area contributed by atoms with Gasteiger partial charge in [-0.2, -0.15) is 13.2 Å². The number of aromatic nitrogens is 2. The number of para-hydroxylation sites is 1. The third-order valence-electron chi connectivity index (χ3n) is 4.53. The lowest BCUT2D eigenvalue weighted by molar-refractivity contribution is -0.137. The molecule has 0 aliphatic heterocycles. The Morgan fingerprint density at radius 2 is 1.65 bits per heavy atom. The molecule has 0 bridgehead atoms. The second-order valence-electron chi connectivity index (χ2n) is 6.70. The number of imidazole rings is 1. The van der Waals surface area contributed by atoms with Gasteiger partial charge in [0, 0.05) is 6.54 Å². The Balaban J connectivity index is 1.53. The number of anilines is 3. The number of rotatable bonds is 5. The Kier molecular flexibility index (Phi) is 5.92. The first-order chi connectivity index (χ1) is 14.7. The van der Waals surface area contributed by atoms with Crippen LogP contribution in [0.5, 0.6) is 0 Å². The van der Waals surface area contributed by atoms with E-state index in [1.165, 1.54) is 6.07 Å². The summed E-state index contributed by atoms with van der Waals surface area (Å²) < 4.78 is 38.8. The van der Waals surface area contributed by atoms with Crippen LogP contribution in [0.3, 0.4) is 0 Å². The molecule has 0 fully saturated rings. The topological polar surface area (TPSA) is 52.7 Å². The summed E-state index contributed by atoms with van der Waals surface area (Å²) in [5, 5.41) is 7.13. The Labute approximate surface area is 190 Å². The van der Waals surface area contributed by atoms with Crippen molar-refractivity contribution >= 4 is 63.2 Å². The van der Waals surface area contributed by atoms with Crippen molar-refractivity contribution in [1.29, 1.82) is 0 Å². The van der Waals surface area contributed by atoms with E-state index in [9.17, 15) is 13.2 Å². The quantitative estimate of drug-likeness (QED) is 0.269. The van der Waals surface area contributed by atoms with E-state index >= 15 is 0 Å². The number of nitrogens with one attached hydrogen (secondary N) is 3. The van der Waals surface area contributed by atoms with E-state index in [0.29, 0.717) is 27.2 Å². The first-order valence-corrected chi connectivity index (χ1v) is 10.1. The Morgan fingerprint density at radius 1 is 0.903 bits per heavy atom. The fourth-order valence-electron chi connectivity index (χ4n) is 3.00. The van der Waals surface area contributed by atoms with Crippen LogP contribution in [-0.4, -0.2) is 9.97 Å². The van der Waals surface area contributed by atoms with E-state index in [2.05, 4.69) is 20.6 Å². The molecule has 4 rings (SSSR count). The van der Waals surface area contributed by atoms with E-state index in [4.69, 9.17) is 34.8 Å². The average molecular weight is 486 g/mol. The monoisotopic (exact) mass is 484 g/mol. The van der Waals surface area contributed by atoms with Gasteiger partial charge in [0.1, 0.15) is 0 Å². The van der Waals surface area contributed by atoms with Crippen LogP contribution < -0.4 is 10.6 Å². The lowest BCUT2D eigenvalue weighted by Gasteiger charge is -2.12. The number of hydrogen-bond acceptors (Lipinski definition) is 3.